The Hall–Kier alpha value is -2.01. The van der Waals surface area contributed by atoms with Gasteiger partial charge in [0.1, 0.15) is 18.0 Å². The van der Waals surface area contributed by atoms with Gasteiger partial charge in [0.2, 0.25) is 0 Å². The van der Waals surface area contributed by atoms with Gasteiger partial charge in [0.25, 0.3) is 0 Å². The third-order valence-corrected chi connectivity index (χ3v) is 3.27. The summed E-state index contributed by atoms with van der Waals surface area (Å²) >= 11 is 3.43. The molecule has 0 aromatic heterocycles. The van der Waals surface area contributed by atoms with Crippen LogP contribution < -0.4 is 10.1 Å². The smallest absolute Gasteiger partial charge is 0.412 e. The van der Waals surface area contributed by atoms with Crippen LogP contribution in [-0.2, 0) is 11.3 Å². The lowest BCUT2D eigenvalue weighted by Crippen LogP contribution is -2.27. The topological polar surface area (TPSA) is 47.6 Å². The first kappa shape index (κ1) is 17.3. The fraction of sp³-hybridized carbons (Fsp3) is 0.278. The second-order valence-corrected chi connectivity index (χ2v) is 6.99. The molecule has 1 amide bonds. The van der Waals surface area contributed by atoms with Crippen molar-refractivity contribution in [2.75, 3.05) is 5.32 Å². The van der Waals surface area contributed by atoms with Crippen molar-refractivity contribution in [3.05, 3.63) is 58.6 Å². The molecule has 0 heterocycles. The van der Waals surface area contributed by atoms with E-state index in [9.17, 15) is 4.79 Å². The molecule has 0 atom stereocenters. The van der Waals surface area contributed by atoms with E-state index in [1.807, 2.05) is 57.2 Å². The quantitative estimate of drug-likeness (QED) is 0.778. The highest BCUT2D eigenvalue weighted by Gasteiger charge is 2.16. The van der Waals surface area contributed by atoms with Crippen LogP contribution in [0, 0.1) is 0 Å². The maximum absolute atomic E-state index is 11.8. The van der Waals surface area contributed by atoms with Gasteiger partial charge in [-0.25, -0.2) is 4.79 Å². The van der Waals surface area contributed by atoms with Crippen LogP contribution >= 0.6 is 15.9 Å². The molecule has 0 spiro atoms. The number of halogens is 1. The number of carbonyl (C=O) groups is 1. The van der Waals surface area contributed by atoms with E-state index in [1.54, 1.807) is 12.1 Å². The SMILES string of the molecule is CC(C)(C)OC(=O)Nc1cccc(OCc2cccc(Br)c2)c1. The molecular formula is C18H20BrNO3. The van der Waals surface area contributed by atoms with Crippen LogP contribution in [0.15, 0.2) is 53.0 Å². The van der Waals surface area contributed by atoms with E-state index < -0.39 is 11.7 Å². The van der Waals surface area contributed by atoms with Gasteiger partial charge in [0, 0.05) is 16.2 Å². The number of benzene rings is 2. The van der Waals surface area contributed by atoms with Crippen molar-refractivity contribution in [2.24, 2.45) is 0 Å². The van der Waals surface area contributed by atoms with Crippen molar-refractivity contribution < 1.29 is 14.3 Å². The average molecular weight is 378 g/mol. The predicted molar refractivity (Wildman–Crippen MR) is 94.8 cm³/mol. The summed E-state index contributed by atoms with van der Waals surface area (Å²) in [5.74, 6) is 0.679. The largest absolute Gasteiger partial charge is 0.489 e. The summed E-state index contributed by atoms with van der Waals surface area (Å²) in [7, 11) is 0. The second kappa shape index (κ2) is 7.51. The molecule has 2 aromatic carbocycles. The Labute approximate surface area is 144 Å². The third kappa shape index (κ3) is 6.32. The van der Waals surface area contributed by atoms with Crippen molar-refractivity contribution in [2.45, 2.75) is 33.0 Å². The first-order valence-electron chi connectivity index (χ1n) is 7.29. The molecule has 0 saturated heterocycles. The van der Waals surface area contributed by atoms with Crippen molar-refractivity contribution in [1.82, 2.24) is 0 Å². The van der Waals surface area contributed by atoms with E-state index >= 15 is 0 Å². The second-order valence-electron chi connectivity index (χ2n) is 6.07. The maximum Gasteiger partial charge on any atom is 0.412 e. The van der Waals surface area contributed by atoms with E-state index in [4.69, 9.17) is 9.47 Å². The lowest BCUT2D eigenvalue weighted by atomic mass is 10.2. The monoisotopic (exact) mass is 377 g/mol. The zero-order valence-electron chi connectivity index (χ0n) is 13.4. The summed E-state index contributed by atoms with van der Waals surface area (Å²) in [6.07, 6.45) is -0.485. The number of hydrogen-bond acceptors (Lipinski definition) is 3. The van der Waals surface area contributed by atoms with E-state index in [0.29, 0.717) is 18.0 Å². The molecule has 2 rings (SSSR count). The highest BCUT2D eigenvalue weighted by molar-refractivity contribution is 9.10. The van der Waals surface area contributed by atoms with Crippen LogP contribution in [0.4, 0.5) is 10.5 Å². The van der Waals surface area contributed by atoms with Crippen molar-refractivity contribution in [1.29, 1.82) is 0 Å². The minimum atomic E-state index is -0.529. The van der Waals surface area contributed by atoms with Gasteiger partial charge in [0.15, 0.2) is 0 Å². The highest BCUT2D eigenvalue weighted by Crippen LogP contribution is 2.20. The number of nitrogens with one attached hydrogen (secondary N) is 1. The van der Waals surface area contributed by atoms with Gasteiger partial charge >= 0.3 is 6.09 Å². The molecule has 0 saturated carbocycles. The van der Waals surface area contributed by atoms with E-state index in [1.165, 1.54) is 0 Å². The van der Waals surface area contributed by atoms with Crippen LogP contribution in [-0.4, -0.2) is 11.7 Å². The Kier molecular flexibility index (Phi) is 5.66. The summed E-state index contributed by atoms with van der Waals surface area (Å²) in [6, 6.07) is 15.1. The lowest BCUT2D eigenvalue weighted by molar-refractivity contribution is 0.0636. The Morgan fingerprint density at radius 1 is 1.13 bits per heavy atom. The number of hydrogen-bond donors (Lipinski definition) is 1. The van der Waals surface area contributed by atoms with Gasteiger partial charge in [-0.1, -0.05) is 34.1 Å². The minimum Gasteiger partial charge on any atom is -0.489 e. The molecule has 5 heteroatoms. The molecule has 2 aromatic rings. The summed E-state index contributed by atoms with van der Waals surface area (Å²) < 4.78 is 12.0. The van der Waals surface area contributed by atoms with Gasteiger partial charge in [0.05, 0.1) is 0 Å². The standard InChI is InChI=1S/C18H20BrNO3/c1-18(2,3)23-17(21)20-15-8-5-9-16(11-15)22-12-13-6-4-7-14(19)10-13/h4-11H,12H2,1-3H3,(H,20,21). The number of rotatable bonds is 4. The number of anilines is 1. The molecular weight excluding hydrogens is 358 g/mol. The van der Waals surface area contributed by atoms with Gasteiger partial charge in [-0.3, -0.25) is 5.32 Å². The zero-order chi connectivity index (χ0) is 16.9. The van der Waals surface area contributed by atoms with Crippen molar-refractivity contribution in [3.8, 4) is 5.75 Å². The molecule has 0 aliphatic carbocycles. The van der Waals surface area contributed by atoms with Crippen LogP contribution in [0.3, 0.4) is 0 Å². The Morgan fingerprint density at radius 2 is 1.87 bits per heavy atom. The third-order valence-electron chi connectivity index (χ3n) is 2.77. The Morgan fingerprint density at radius 3 is 2.57 bits per heavy atom. The highest BCUT2D eigenvalue weighted by atomic mass is 79.9. The number of amides is 1. The molecule has 1 N–H and O–H groups in total. The van der Waals surface area contributed by atoms with Crippen LogP contribution in [0.1, 0.15) is 26.3 Å². The fourth-order valence-electron chi connectivity index (χ4n) is 1.88. The summed E-state index contributed by atoms with van der Waals surface area (Å²) in [5, 5.41) is 2.70. The predicted octanol–water partition coefficient (Wildman–Crippen LogP) is 5.38. The number of ether oxygens (including phenoxy) is 2. The fourth-order valence-corrected chi connectivity index (χ4v) is 2.33. The molecule has 0 fully saturated rings. The van der Waals surface area contributed by atoms with E-state index in [0.717, 1.165) is 10.0 Å². The first-order valence-corrected chi connectivity index (χ1v) is 8.08. The van der Waals surface area contributed by atoms with E-state index in [2.05, 4.69) is 21.2 Å². The molecule has 23 heavy (non-hydrogen) atoms. The van der Waals surface area contributed by atoms with Gasteiger partial charge in [-0.05, 0) is 50.6 Å². The van der Waals surface area contributed by atoms with Crippen molar-refractivity contribution in [3.63, 3.8) is 0 Å². The molecule has 122 valence electrons. The maximum atomic E-state index is 11.8. The van der Waals surface area contributed by atoms with Gasteiger partial charge in [-0.15, -0.1) is 0 Å². The molecule has 0 unspecified atom stereocenters. The van der Waals surface area contributed by atoms with Crippen LogP contribution in [0.2, 0.25) is 0 Å². The van der Waals surface area contributed by atoms with Crippen LogP contribution in [0.25, 0.3) is 0 Å². The normalized spacial score (nSPS) is 11.0. The van der Waals surface area contributed by atoms with Crippen LogP contribution in [0.5, 0.6) is 5.75 Å². The van der Waals surface area contributed by atoms with E-state index in [-0.39, 0.29) is 0 Å². The van der Waals surface area contributed by atoms with Gasteiger partial charge in [-0.2, -0.15) is 0 Å². The van der Waals surface area contributed by atoms with Gasteiger partial charge < -0.3 is 9.47 Å². The molecule has 4 nitrogen and oxygen atoms in total. The Bertz CT molecular complexity index is 680. The minimum absolute atomic E-state index is 0.454. The van der Waals surface area contributed by atoms with Crippen molar-refractivity contribution >= 4 is 27.7 Å². The summed E-state index contributed by atoms with van der Waals surface area (Å²) in [5.41, 5.74) is 1.16. The molecule has 0 bridgehead atoms. The molecule has 0 aliphatic rings. The lowest BCUT2D eigenvalue weighted by Gasteiger charge is -2.19. The first-order chi connectivity index (χ1) is 10.8. The molecule has 0 aliphatic heterocycles. The Balaban J connectivity index is 1.95. The zero-order valence-corrected chi connectivity index (χ0v) is 15.0. The summed E-state index contributed by atoms with van der Waals surface area (Å²) in [6.45, 7) is 5.92. The number of carbonyl (C=O) groups excluding carboxylic acids is 1. The average Bonchev–Trinajstić information content (AvgIpc) is 2.43. The molecule has 0 radical (unpaired) electrons. The summed E-state index contributed by atoms with van der Waals surface area (Å²) in [4.78, 5) is 11.8.